The van der Waals surface area contributed by atoms with Gasteiger partial charge in [-0.15, -0.1) is 0 Å². The molecular weight excluding hydrogens is 296 g/mol. The number of carbonyl (C=O) groups is 1. The van der Waals surface area contributed by atoms with E-state index in [1.54, 1.807) is 18.6 Å². The van der Waals surface area contributed by atoms with Gasteiger partial charge in [-0.2, -0.15) is 0 Å². The van der Waals surface area contributed by atoms with Gasteiger partial charge in [0.15, 0.2) is 0 Å². The van der Waals surface area contributed by atoms with E-state index in [2.05, 4.69) is 15.9 Å². The lowest BCUT2D eigenvalue weighted by Crippen LogP contribution is -2.19. The van der Waals surface area contributed by atoms with E-state index in [0.29, 0.717) is 12.8 Å². The Labute approximate surface area is 114 Å². The molecule has 2 rings (SSSR count). The molecule has 94 valence electrons. The summed E-state index contributed by atoms with van der Waals surface area (Å²) in [5.41, 5.74) is 1.92. The summed E-state index contributed by atoms with van der Waals surface area (Å²) in [6, 6.07) is 9.49. The van der Waals surface area contributed by atoms with Gasteiger partial charge in [0.25, 0.3) is 0 Å². The molecule has 2 aromatic rings. The maximum atomic E-state index is 11.3. The summed E-state index contributed by atoms with van der Waals surface area (Å²) in [6.07, 6.45) is 4.14. The zero-order chi connectivity index (χ0) is 13.0. The van der Waals surface area contributed by atoms with Crippen LogP contribution in [0.5, 0.6) is 0 Å². The van der Waals surface area contributed by atoms with Crippen LogP contribution in [0, 0.1) is 5.92 Å². The van der Waals surface area contributed by atoms with Crippen LogP contribution >= 0.6 is 15.9 Å². The molecule has 0 amide bonds. The predicted octanol–water partition coefficient (Wildman–Crippen LogP) is 3.53. The van der Waals surface area contributed by atoms with Crippen LogP contribution in [-0.4, -0.2) is 11.1 Å². The van der Waals surface area contributed by atoms with Crippen molar-refractivity contribution in [1.29, 1.82) is 0 Å². The Hall–Kier alpha value is -1.55. The van der Waals surface area contributed by atoms with Gasteiger partial charge in [-0.1, -0.05) is 34.1 Å². The van der Waals surface area contributed by atoms with Crippen molar-refractivity contribution in [3.63, 3.8) is 0 Å². The van der Waals surface area contributed by atoms with Crippen LogP contribution in [0.25, 0.3) is 0 Å². The molecule has 18 heavy (non-hydrogen) atoms. The molecule has 0 bridgehead atoms. The van der Waals surface area contributed by atoms with Crippen LogP contribution in [0.4, 0.5) is 0 Å². The van der Waals surface area contributed by atoms with Crippen LogP contribution in [0.3, 0.4) is 0 Å². The molecule has 4 heteroatoms. The van der Waals surface area contributed by atoms with Crippen molar-refractivity contribution in [1.82, 2.24) is 0 Å². The molecule has 1 atom stereocenters. The second-order valence-corrected chi connectivity index (χ2v) is 5.02. The van der Waals surface area contributed by atoms with Gasteiger partial charge in [0.05, 0.1) is 18.4 Å². The predicted molar refractivity (Wildman–Crippen MR) is 71.4 cm³/mol. The van der Waals surface area contributed by atoms with Gasteiger partial charge in [-0.05, 0) is 36.1 Å². The first-order valence-corrected chi connectivity index (χ1v) is 6.43. The molecule has 0 saturated heterocycles. The quantitative estimate of drug-likeness (QED) is 0.919. The highest BCUT2D eigenvalue weighted by atomic mass is 79.9. The van der Waals surface area contributed by atoms with Crippen molar-refractivity contribution in [3.05, 3.63) is 58.5 Å². The van der Waals surface area contributed by atoms with Gasteiger partial charge in [0, 0.05) is 4.47 Å². The average Bonchev–Trinajstić information content (AvgIpc) is 2.83. The van der Waals surface area contributed by atoms with Crippen molar-refractivity contribution in [2.45, 2.75) is 12.8 Å². The van der Waals surface area contributed by atoms with Crippen LogP contribution in [0.15, 0.2) is 51.7 Å². The third-order valence-corrected chi connectivity index (χ3v) is 3.61. The summed E-state index contributed by atoms with van der Waals surface area (Å²) in [5.74, 6) is -1.23. The Morgan fingerprint density at radius 3 is 2.67 bits per heavy atom. The van der Waals surface area contributed by atoms with Crippen molar-refractivity contribution >= 4 is 21.9 Å². The Morgan fingerprint density at radius 2 is 2.06 bits per heavy atom. The minimum atomic E-state index is -0.785. The van der Waals surface area contributed by atoms with Gasteiger partial charge in [-0.25, -0.2) is 0 Å². The van der Waals surface area contributed by atoms with Crippen molar-refractivity contribution in [2.75, 3.05) is 0 Å². The molecule has 0 fully saturated rings. The summed E-state index contributed by atoms with van der Waals surface area (Å²) in [4.78, 5) is 11.3. The van der Waals surface area contributed by atoms with Crippen molar-refractivity contribution in [2.24, 2.45) is 5.92 Å². The fourth-order valence-corrected chi connectivity index (χ4v) is 2.32. The van der Waals surface area contributed by atoms with Crippen LogP contribution in [-0.2, 0) is 17.6 Å². The highest BCUT2D eigenvalue weighted by molar-refractivity contribution is 9.10. The highest BCUT2D eigenvalue weighted by Gasteiger charge is 2.20. The van der Waals surface area contributed by atoms with E-state index < -0.39 is 11.9 Å². The fraction of sp³-hybridized carbons (Fsp3) is 0.214. The monoisotopic (exact) mass is 308 g/mol. The zero-order valence-electron chi connectivity index (χ0n) is 9.67. The number of benzene rings is 1. The smallest absolute Gasteiger partial charge is 0.307 e. The number of carboxylic acid groups (broad SMARTS) is 1. The number of hydrogen-bond acceptors (Lipinski definition) is 2. The van der Waals surface area contributed by atoms with Gasteiger partial charge in [-0.3, -0.25) is 4.79 Å². The number of carboxylic acids is 1. The summed E-state index contributed by atoms with van der Waals surface area (Å²) in [5, 5.41) is 9.28. The topological polar surface area (TPSA) is 50.4 Å². The van der Waals surface area contributed by atoms with Crippen LogP contribution < -0.4 is 0 Å². The second kappa shape index (κ2) is 5.87. The fourth-order valence-electron chi connectivity index (χ4n) is 1.87. The Bertz CT molecular complexity index is 520. The maximum Gasteiger partial charge on any atom is 0.307 e. The Balaban J connectivity index is 2.12. The lowest BCUT2D eigenvalue weighted by Gasteiger charge is -2.12. The van der Waals surface area contributed by atoms with Crippen molar-refractivity contribution < 1.29 is 14.3 Å². The number of rotatable bonds is 5. The Morgan fingerprint density at radius 1 is 1.28 bits per heavy atom. The van der Waals surface area contributed by atoms with E-state index in [0.717, 1.165) is 15.6 Å². The summed E-state index contributed by atoms with van der Waals surface area (Å²) in [7, 11) is 0. The van der Waals surface area contributed by atoms with E-state index in [-0.39, 0.29) is 0 Å². The number of halogens is 1. The van der Waals surface area contributed by atoms with Crippen molar-refractivity contribution in [3.8, 4) is 0 Å². The van der Waals surface area contributed by atoms with Gasteiger partial charge < -0.3 is 9.52 Å². The van der Waals surface area contributed by atoms with Gasteiger partial charge >= 0.3 is 5.97 Å². The first kappa shape index (κ1) is 12.9. The molecule has 3 nitrogen and oxygen atoms in total. The van der Waals surface area contributed by atoms with Crippen LogP contribution in [0.2, 0.25) is 0 Å². The summed E-state index contributed by atoms with van der Waals surface area (Å²) < 4.78 is 5.91. The molecule has 1 aromatic heterocycles. The average molecular weight is 309 g/mol. The highest BCUT2D eigenvalue weighted by Crippen LogP contribution is 2.22. The maximum absolute atomic E-state index is 11.3. The molecule has 1 unspecified atom stereocenters. The molecule has 0 aliphatic heterocycles. The van der Waals surface area contributed by atoms with Gasteiger partial charge in [0.1, 0.15) is 0 Å². The SMILES string of the molecule is O=C(O)C(Cc1ccoc1)Cc1ccccc1Br. The normalized spacial score (nSPS) is 12.3. The molecule has 1 aromatic carbocycles. The standard InChI is InChI=1S/C14H13BrO3/c15-13-4-2-1-3-11(13)8-12(14(16)17)7-10-5-6-18-9-10/h1-6,9,12H,7-8H2,(H,16,17). The lowest BCUT2D eigenvalue weighted by molar-refractivity contribution is -0.141. The molecule has 1 heterocycles. The largest absolute Gasteiger partial charge is 0.481 e. The number of aliphatic carboxylic acids is 1. The minimum absolute atomic E-state index is 0.443. The zero-order valence-corrected chi connectivity index (χ0v) is 11.3. The first-order valence-electron chi connectivity index (χ1n) is 5.64. The third kappa shape index (κ3) is 3.23. The molecule has 0 spiro atoms. The lowest BCUT2D eigenvalue weighted by atomic mass is 9.94. The van der Waals surface area contributed by atoms with E-state index >= 15 is 0 Å². The molecule has 1 N–H and O–H groups in total. The second-order valence-electron chi connectivity index (χ2n) is 4.17. The molecule has 0 radical (unpaired) electrons. The summed E-state index contributed by atoms with van der Waals surface area (Å²) in [6.45, 7) is 0. The first-order chi connectivity index (χ1) is 8.66. The molecule has 0 aliphatic carbocycles. The van der Waals surface area contributed by atoms with Gasteiger partial charge in [0.2, 0.25) is 0 Å². The van der Waals surface area contributed by atoms with E-state index in [1.165, 1.54) is 0 Å². The molecule has 0 saturated carbocycles. The third-order valence-electron chi connectivity index (χ3n) is 2.84. The summed E-state index contributed by atoms with van der Waals surface area (Å²) >= 11 is 3.44. The van der Waals surface area contributed by atoms with E-state index in [1.807, 2.05) is 24.3 Å². The minimum Gasteiger partial charge on any atom is -0.481 e. The molecule has 0 aliphatic rings. The van der Waals surface area contributed by atoms with E-state index in [9.17, 15) is 9.90 Å². The number of hydrogen-bond donors (Lipinski definition) is 1. The number of furan rings is 1. The molecular formula is C14H13BrO3. The van der Waals surface area contributed by atoms with E-state index in [4.69, 9.17) is 4.42 Å². The Kier molecular flexibility index (Phi) is 4.20. The van der Waals surface area contributed by atoms with Crippen LogP contribution in [0.1, 0.15) is 11.1 Å².